The molecule has 0 saturated carbocycles. The highest BCUT2D eigenvalue weighted by Crippen LogP contribution is 2.29. The van der Waals surface area contributed by atoms with Gasteiger partial charge in [-0.25, -0.2) is 0 Å². The zero-order valence-corrected chi connectivity index (χ0v) is 12.5. The number of hydrogen-bond acceptors (Lipinski definition) is 4. The van der Waals surface area contributed by atoms with Crippen LogP contribution in [0.3, 0.4) is 0 Å². The summed E-state index contributed by atoms with van der Waals surface area (Å²) >= 11 is 0. The maximum absolute atomic E-state index is 6.10. The number of rotatable bonds is 4. The summed E-state index contributed by atoms with van der Waals surface area (Å²) in [4.78, 5) is 6.98. The van der Waals surface area contributed by atoms with Crippen molar-refractivity contribution >= 4 is 10.9 Å². The van der Waals surface area contributed by atoms with Crippen molar-refractivity contribution in [2.24, 2.45) is 5.73 Å². The van der Waals surface area contributed by atoms with E-state index in [4.69, 9.17) is 10.5 Å². The second-order valence-corrected chi connectivity index (χ2v) is 5.68. The summed E-state index contributed by atoms with van der Waals surface area (Å²) in [7, 11) is 2.18. The minimum atomic E-state index is 0.201. The van der Waals surface area contributed by atoms with Gasteiger partial charge in [0.15, 0.2) is 0 Å². The normalized spacial score (nSPS) is 18.2. The highest BCUT2D eigenvalue weighted by Gasteiger charge is 2.26. The Morgan fingerprint density at radius 3 is 2.81 bits per heavy atom. The molecule has 112 valence electrons. The molecule has 4 heteroatoms. The van der Waals surface area contributed by atoms with E-state index >= 15 is 0 Å². The van der Waals surface area contributed by atoms with Gasteiger partial charge in [0.05, 0.1) is 5.52 Å². The van der Waals surface area contributed by atoms with Gasteiger partial charge in [0, 0.05) is 43.4 Å². The first-order chi connectivity index (χ1) is 10.3. The van der Waals surface area contributed by atoms with Gasteiger partial charge in [-0.2, -0.15) is 0 Å². The molecule has 2 N–H and O–H groups in total. The Balaban J connectivity index is 1.94. The molecule has 3 rings (SSSR count). The number of nitrogens with two attached hydrogens (primary N) is 1. The average molecular weight is 285 g/mol. The number of benzene rings is 1. The largest absolute Gasteiger partial charge is 0.381 e. The molecule has 1 atom stereocenters. The molecule has 2 aromatic rings. The monoisotopic (exact) mass is 285 g/mol. The van der Waals surface area contributed by atoms with Crippen LogP contribution in [0.15, 0.2) is 36.5 Å². The topological polar surface area (TPSA) is 51.4 Å². The molecule has 0 spiro atoms. The van der Waals surface area contributed by atoms with E-state index in [-0.39, 0.29) is 6.04 Å². The van der Waals surface area contributed by atoms with Crippen molar-refractivity contribution in [3.05, 3.63) is 42.1 Å². The molecule has 1 aliphatic rings. The zero-order valence-electron chi connectivity index (χ0n) is 12.5. The average Bonchev–Trinajstić information content (AvgIpc) is 2.56. The van der Waals surface area contributed by atoms with Gasteiger partial charge in [0.25, 0.3) is 0 Å². The van der Waals surface area contributed by atoms with E-state index < -0.39 is 0 Å². The molecular weight excluding hydrogens is 262 g/mol. The Morgan fingerprint density at radius 2 is 2.05 bits per heavy atom. The third kappa shape index (κ3) is 2.93. The Morgan fingerprint density at radius 1 is 1.29 bits per heavy atom. The third-order valence-electron chi connectivity index (χ3n) is 4.50. The number of hydrogen-bond donors (Lipinski definition) is 1. The minimum Gasteiger partial charge on any atom is -0.381 e. The van der Waals surface area contributed by atoms with Crippen LogP contribution in [0.5, 0.6) is 0 Å². The molecular formula is C17H23N3O. The zero-order chi connectivity index (χ0) is 14.7. The van der Waals surface area contributed by atoms with Gasteiger partial charge in [-0.05, 0) is 31.5 Å². The van der Waals surface area contributed by atoms with Crippen LogP contribution in [0, 0.1) is 0 Å². The van der Waals surface area contributed by atoms with E-state index in [1.807, 2.05) is 12.3 Å². The van der Waals surface area contributed by atoms with Crippen molar-refractivity contribution in [1.82, 2.24) is 9.88 Å². The van der Waals surface area contributed by atoms with Crippen molar-refractivity contribution < 1.29 is 4.74 Å². The van der Waals surface area contributed by atoms with Crippen molar-refractivity contribution in [1.29, 1.82) is 0 Å². The molecule has 4 nitrogen and oxygen atoms in total. The second-order valence-electron chi connectivity index (χ2n) is 5.68. The number of pyridine rings is 1. The van der Waals surface area contributed by atoms with Crippen LogP contribution >= 0.6 is 0 Å². The Bertz CT molecular complexity index is 590. The van der Waals surface area contributed by atoms with Gasteiger partial charge in [0.2, 0.25) is 0 Å². The van der Waals surface area contributed by atoms with E-state index in [1.54, 1.807) is 0 Å². The van der Waals surface area contributed by atoms with Crippen LogP contribution < -0.4 is 5.73 Å². The number of fused-ring (bicyclic) bond motifs is 1. The van der Waals surface area contributed by atoms with E-state index in [0.717, 1.165) is 31.6 Å². The first-order valence-electron chi connectivity index (χ1n) is 7.64. The predicted octanol–water partition coefficient (Wildman–Crippen LogP) is 2.35. The smallest absolute Gasteiger partial charge is 0.0750 e. The van der Waals surface area contributed by atoms with Crippen LogP contribution in [0.2, 0.25) is 0 Å². The van der Waals surface area contributed by atoms with Crippen LogP contribution in [-0.4, -0.2) is 42.7 Å². The lowest BCUT2D eigenvalue weighted by molar-refractivity contribution is 0.0296. The molecule has 2 heterocycles. The molecule has 1 fully saturated rings. The maximum Gasteiger partial charge on any atom is 0.0750 e. The molecule has 1 saturated heterocycles. The summed E-state index contributed by atoms with van der Waals surface area (Å²) in [5.41, 5.74) is 8.39. The fourth-order valence-corrected chi connectivity index (χ4v) is 3.26. The van der Waals surface area contributed by atoms with Crippen molar-refractivity contribution in [2.45, 2.75) is 24.9 Å². The molecule has 1 unspecified atom stereocenters. The van der Waals surface area contributed by atoms with Crippen molar-refractivity contribution in [3.8, 4) is 0 Å². The van der Waals surface area contributed by atoms with Gasteiger partial charge < -0.3 is 10.5 Å². The maximum atomic E-state index is 6.10. The Hall–Kier alpha value is -1.49. The highest BCUT2D eigenvalue weighted by atomic mass is 16.5. The van der Waals surface area contributed by atoms with Crippen molar-refractivity contribution in [2.75, 3.05) is 26.8 Å². The van der Waals surface area contributed by atoms with Gasteiger partial charge in [-0.15, -0.1) is 0 Å². The quantitative estimate of drug-likeness (QED) is 0.937. The fraction of sp³-hybridized carbons (Fsp3) is 0.471. The number of nitrogens with zero attached hydrogens (tertiary/aromatic N) is 2. The number of ether oxygens (including phenoxy) is 1. The lowest BCUT2D eigenvalue weighted by atomic mass is 9.98. The molecule has 21 heavy (non-hydrogen) atoms. The molecule has 0 amide bonds. The van der Waals surface area contributed by atoms with E-state index in [9.17, 15) is 0 Å². The lowest BCUT2D eigenvalue weighted by Gasteiger charge is -2.37. The number of likely N-dealkylation sites (N-methyl/N-ethyl adjacent to an activating group) is 1. The summed E-state index contributed by atoms with van der Waals surface area (Å²) < 4.78 is 5.47. The third-order valence-corrected chi connectivity index (χ3v) is 4.50. The first-order valence-corrected chi connectivity index (χ1v) is 7.64. The van der Waals surface area contributed by atoms with Crippen molar-refractivity contribution in [3.63, 3.8) is 0 Å². The Labute approximate surface area is 125 Å². The van der Waals surface area contributed by atoms with Gasteiger partial charge in [-0.3, -0.25) is 9.88 Å². The number of para-hydroxylation sites is 1. The van der Waals surface area contributed by atoms with Crippen LogP contribution in [-0.2, 0) is 4.74 Å². The van der Waals surface area contributed by atoms with Gasteiger partial charge in [0.1, 0.15) is 0 Å². The standard InChI is InChI=1S/C17H23N3O/c1-20(14-7-10-21-11-8-14)16(12-18)15-6-2-4-13-5-3-9-19-17(13)15/h2-6,9,14,16H,7-8,10-12,18H2,1H3. The van der Waals surface area contributed by atoms with Crippen LogP contribution in [0.4, 0.5) is 0 Å². The molecule has 1 aliphatic heterocycles. The second kappa shape index (κ2) is 6.52. The summed E-state index contributed by atoms with van der Waals surface area (Å²) in [5, 5.41) is 1.17. The van der Waals surface area contributed by atoms with E-state index in [0.29, 0.717) is 12.6 Å². The SMILES string of the molecule is CN(C1CCOCC1)C(CN)c1cccc2cccnc12. The lowest BCUT2D eigenvalue weighted by Crippen LogP contribution is -2.41. The predicted molar refractivity (Wildman–Crippen MR) is 85.1 cm³/mol. The van der Waals surface area contributed by atoms with Crippen LogP contribution in [0.1, 0.15) is 24.4 Å². The Kier molecular flexibility index (Phi) is 4.48. The van der Waals surface area contributed by atoms with E-state index in [1.165, 1.54) is 10.9 Å². The fourth-order valence-electron chi connectivity index (χ4n) is 3.26. The molecule has 0 aliphatic carbocycles. The molecule has 1 aromatic heterocycles. The summed E-state index contributed by atoms with van der Waals surface area (Å²) in [6.07, 6.45) is 4.00. The van der Waals surface area contributed by atoms with E-state index in [2.05, 4.69) is 41.2 Å². The molecule has 0 bridgehead atoms. The van der Waals surface area contributed by atoms with Crippen LogP contribution in [0.25, 0.3) is 10.9 Å². The molecule has 1 aromatic carbocycles. The summed E-state index contributed by atoms with van der Waals surface area (Å²) in [5.74, 6) is 0. The highest BCUT2D eigenvalue weighted by molar-refractivity contribution is 5.82. The van der Waals surface area contributed by atoms with Gasteiger partial charge in [-0.1, -0.05) is 24.3 Å². The molecule has 0 radical (unpaired) electrons. The summed E-state index contributed by atoms with van der Waals surface area (Å²) in [6, 6.07) is 11.2. The van der Waals surface area contributed by atoms with Gasteiger partial charge >= 0.3 is 0 Å². The number of aromatic nitrogens is 1. The summed E-state index contributed by atoms with van der Waals surface area (Å²) in [6.45, 7) is 2.30. The first kappa shape index (κ1) is 14.4. The minimum absolute atomic E-state index is 0.201.